The van der Waals surface area contributed by atoms with E-state index in [2.05, 4.69) is 5.92 Å². The highest BCUT2D eigenvalue weighted by Crippen LogP contribution is 2.25. The summed E-state index contributed by atoms with van der Waals surface area (Å²) in [6.45, 7) is 0.492. The minimum absolute atomic E-state index is 0.492. The second kappa shape index (κ2) is 4.56. The summed E-state index contributed by atoms with van der Waals surface area (Å²) in [5.74, 6) is 2.52. The number of benzene rings is 1. The van der Waals surface area contributed by atoms with E-state index in [4.69, 9.17) is 23.3 Å². The third kappa shape index (κ3) is 2.19. The zero-order valence-electron chi connectivity index (χ0n) is 7.79. The van der Waals surface area contributed by atoms with Gasteiger partial charge < -0.3 is 4.90 Å². The molecule has 1 aromatic carbocycles. The SMILES string of the molecule is C#CCN(C)c1ccc(C#N)cc1Cl. The average Bonchev–Trinajstić information content (AvgIpc) is 2.17. The number of hydrogen-bond acceptors (Lipinski definition) is 2. The van der Waals surface area contributed by atoms with Crippen molar-refractivity contribution in [1.29, 1.82) is 5.26 Å². The zero-order chi connectivity index (χ0) is 10.6. The van der Waals surface area contributed by atoms with Crippen LogP contribution in [0, 0.1) is 23.7 Å². The molecule has 0 saturated heterocycles. The van der Waals surface area contributed by atoms with Crippen LogP contribution < -0.4 is 4.90 Å². The maximum absolute atomic E-state index is 8.64. The molecule has 0 aromatic heterocycles. The van der Waals surface area contributed by atoms with E-state index < -0.39 is 0 Å². The lowest BCUT2D eigenvalue weighted by molar-refractivity contribution is 1.05. The first-order chi connectivity index (χ1) is 6.69. The highest BCUT2D eigenvalue weighted by molar-refractivity contribution is 6.33. The number of rotatable bonds is 2. The van der Waals surface area contributed by atoms with E-state index in [-0.39, 0.29) is 0 Å². The Morgan fingerprint density at radius 2 is 2.29 bits per heavy atom. The summed E-state index contributed by atoms with van der Waals surface area (Å²) < 4.78 is 0. The topological polar surface area (TPSA) is 27.0 Å². The number of terminal acetylenes is 1. The molecule has 1 aromatic rings. The standard InChI is InChI=1S/C11H9ClN2/c1-3-6-14(2)11-5-4-9(8-13)7-10(11)12/h1,4-5,7H,6H2,2H3. The summed E-state index contributed by atoms with van der Waals surface area (Å²) in [5.41, 5.74) is 1.39. The van der Waals surface area contributed by atoms with Crippen LogP contribution in [-0.2, 0) is 0 Å². The number of hydrogen-bond donors (Lipinski definition) is 0. The molecule has 3 heteroatoms. The molecule has 0 spiro atoms. The molecule has 0 radical (unpaired) electrons. The van der Waals surface area contributed by atoms with E-state index in [0.717, 1.165) is 5.69 Å². The van der Waals surface area contributed by atoms with Crippen molar-refractivity contribution in [2.24, 2.45) is 0 Å². The van der Waals surface area contributed by atoms with Gasteiger partial charge in [0.15, 0.2) is 0 Å². The van der Waals surface area contributed by atoms with E-state index in [1.165, 1.54) is 0 Å². The Kier molecular flexibility index (Phi) is 3.40. The van der Waals surface area contributed by atoms with Crippen molar-refractivity contribution in [2.75, 3.05) is 18.5 Å². The Morgan fingerprint density at radius 1 is 1.57 bits per heavy atom. The van der Waals surface area contributed by atoms with Gasteiger partial charge in [0.25, 0.3) is 0 Å². The van der Waals surface area contributed by atoms with Crippen molar-refractivity contribution < 1.29 is 0 Å². The van der Waals surface area contributed by atoms with Gasteiger partial charge in [-0.05, 0) is 18.2 Å². The first-order valence-electron chi connectivity index (χ1n) is 4.03. The zero-order valence-corrected chi connectivity index (χ0v) is 8.54. The van der Waals surface area contributed by atoms with Crippen LogP contribution in [0.25, 0.3) is 0 Å². The van der Waals surface area contributed by atoms with Crippen molar-refractivity contribution >= 4 is 17.3 Å². The Bertz CT molecular complexity index is 412. The van der Waals surface area contributed by atoms with Gasteiger partial charge in [-0.15, -0.1) is 6.42 Å². The fourth-order valence-electron chi connectivity index (χ4n) is 1.11. The Hall–Kier alpha value is -1.64. The summed E-state index contributed by atoms with van der Waals surface area (Å²) in [6, 6.07) is 7.16. The predicted molar refractivity (Wildman–Crippen MR) is 58.3 cm³/mol. The molecule has 2 nitrogen and oxygen atoms in total. The normalized spacial score (nSPS) is 8.86. The molecule has 0 heterocycles. The molecular weight excluding hydrogens is 196 g/mol. The molecule has 0 fully saturated rings. The van der Waals surface area contributed by atoms with E-state index in [1.54, 1.807) is 18.2 Å². The average molecular weight is 205 g/mol. The second-order valence-electron chi connectivity index (χ2n) is 2.84. The van der Waals surface area contributed by atoms with Crippen LogP contribution >= 0.6 is 11.6 Å². The molecule has 0 aliphatic carbocycles. The van der Waals surface area contributed by atoms with Crippen LogP contribution in [0.1, 0.15) is 5.56 Å². The van der Waals surface area contributed by atoms with Gasteiger partial charge in [0.1, 0.15) is 0 Å². The van der Waals surface area contributed by atoms with E-state index in [1.807, 2.05) is 18.0 Å². The lowest BCUT2D eigenvalue weighted by Gasteiger charge is -2.17. The molecule has 14 heavy (non-hydrogen) atoms. The summed E-state index contributed by atoms with van der Waals surface area (Å²) in [5, 5.41) is 9.18. The minimum Gasteiger partial charge on any atom is -0.362 e. The van der Waals surface area contributed by atoms with Crippen LogP contribution in [0.15, 0.2) is 18.2 Å². The molecule has 0 saturated carbocycles. The third-order valence-electron chi connectivity index (χ3n) is 1.82. The Morgan fingerprint density at radius 3 is 2.79 bits per heavy atom. The van der Waals surface area contributed by atoms with Gasteiger partial charge in [-0.3, -0.25) is 0 Å². The van der Waals surface area contributed by atoms with Crippen LogP contribution in [0.4, 0.5) is 5.69 Å². The molecule has 0 amide bonds. The largest absolute Gasteiger partial charge is 0.362 e. The van der Waals surface area contributed by atoms with Crippen molar-refractivity contribution in [3.63, 3.8) is 0 Å². The molecule has 1 rings (SSSR count). The van der Waals surface area contributed by atoms with Gasteiger partial charge in [-0.1, -0.05) is 17.5 Å². The van der Waals surface area contributed by atoms with Gasteiger partial charge in [-0.25, -0.2) is 0 Å². The maximum Gasteiger partial charge on any atom is 0.0992 e. The molecule has 0 unspecified atom stereocenters. The molecule has 0 aliphatic heterocycles. The molecule has 70 valence electrons. The highest BCUT2D eigenvalue weighted by Gasteiger charge is 2.05. The Labute approximate surface area is 88.7 Å². The number of halogens is 1. The molecule has 0 N–H and O–H groups in total. The van der Waals surface area contributed by atoms with Gasteiger partial charge in [0.05, 0.1) is 28.9 Å². The lowest BCUT2D eigenvalue weighted by atomic mass is 10.2. The van der Waals surface area contributed by atoms with Crippen LogP contribution in [0.3, 0.4) is 0 Å². The Balaban J connectivity index is 3.02. The number of nitriles is 1. The van der Waals surface area contributed by atoms with Crippen molar-refractivity contribution in [3.05, 3.63) is 28.8 Å². The third-order valence-corrected chi connectivity index (χ3v) is 2.12. The van der Waals surface area contributed by atoms with Crippen LogP contribution in [0.2, 0.25) is 5.02 Å². The molecule has 0 aliphatic rings. The minimum atomic E-state index is 0.492. The molecule has 0 bridgehead atoms. The van der Waals surface area contributed by atoms with E-state index in [0.29, 0.717) is 17.1 Å². The second-order valence-corrected chi connectivity index (χ2v) is 3.25. The van der Waals surface area contributed by atoms with E-state index >= 15 is 0 Å². The van der Waals surface area contributed by atoms with Gasteiger partial charge in [0.2, 0.25) is 0 Å². The quantitative estimate of drug-likeness (QED) is 0.692. The van der Waals surface area contributed by atoms with Gasteiger partial charge >= 0.3 is 0 Å². The maximum atomic E-state index is 8.64. The smallest absolute Gasteiger partial charge is 0.0992 e. The van der Waals surface area contributed by atoms with Crippen molar-refractivity contribution in [1.82, 2.24) is 0 Å². The number of nitrogens with zero attached hydrogens (tertiary/aromatic N) is 2. The van der Waals surface area contributed by atoms with Crippen LogP contribution in [0.5, 0.6) is 0 Å². The first-order valence-corrected chi connectivity index (χ1v) is 4.41. The van der Waals surface area contributed by atoms with Crippen molar-refractivity contribution in [2.45, 2.75) is 0 Å². The highest BCUT2D eigenvalue weighted by atomic mass is 35.5. The number of anilines is 1. The summed E-state index contributed by atoms with van der Waals surface area (Å²) in [4.78, 5) is 1.85. The van der Waals surface area contributed by atoms with Crippen molar-refractivity contribution in [3.8, 4) is 18.4 Å². The van der Waals surface area contributed by atoms with E-state index in [9.17, 15) is 0 Å². The fourth-order valence-corrected chi connectivity index (χ4v) is 1.43. The predicted octanol–water partition coefficient (Wildman–Crippen LogP) is 2.28. The first kappa shape index (κ1) is 10.4. The van der Waals surface area contributed by atoms with Crippen LogP contribution in [-0.4, -0.2) is 13.6 Å². The summed E-state index contributed by atoms with van der Waals surface area (Å²) in [6.07, 6.45) is 5.19. The van der Waals surface area contributed by atoms with Gasteiger partial charge in [0, 0.05) is 7.05 Å². The molecular formula is C11H9ClN2. The lowest BCUT2D eigenvalue weighted by Crippen LogP contribution is -2.17. The fraction of sp³-hybridized carbons (Fsp3) is 0.182. The monoisotopic (exact) mass is 204 g/mol. The molecule has 0 atom stereocenters. The van der Waals surface area contributed by atoms with Gasteiger partial charge in [-0.2, -0.15) is 5.26 Å². The summed E-state index contributed by atoms with van der Waals surface area (Å²) in [7, 11) is 1.85. The summed E-state index contributed by atoms with van der Waals surface area (Å²) >= 11 is 5.98.